The van der Waals surface area contributed by atoms with Crippen molar-refractivity contribution in [2.24, 2.45) is 0 Å². The molecule has 10 heteroatoms. The molecule has 0 aromatic heterocycles. The minimum atomic E-state index is -0.219. The zero-order valence-corrected chi connectivity index (χ0v) is 24.7. The molecule has 4 rings (SSSR count). The Hall–Kier alpha value is -2.53. The van der Waals surface area contributed by atoms with Crippen molar-refractivity contribution in [3.8, 4) is 17.2 Å². The van der Waals surface area contributed by atoms with E-state index in [1.807, 2.05) is 49.4 Å². The summed E-state index contributed by atoms with van der Waals surface area (Å²) >= 11 is 20.0. The van der Waals surface area contributed by atoms with Gasteiger partial charge in [0.05, 0.1) is 23.0 Å². The van der Waals surface area contributed by atoms with E-state index in [0.717, 1.165) is 20.4 Å². The molecule has 3 aromatic carbocycles. The molecule has 0 atom stereocenters. The van der Waals surface area contributed by atoms with Crippen LogP contribution in [-0.2, 0) is 11.4 Å². The Labute approximate surface area is 244 Å². The number of ether oxygens (including phenoxy) is 3. The maximum Gasteiger partial charge on any atom is 0.281 e. The number of hydrogen-bond donors (Lipinski definition) is 0. The highest BCUT2D eigenvalue weighted by molar-refractivity contribution is 14.1. The van der Waals surface area contributed by atoms with Crippen LogP contribution in [0.15, 0.2) is 60.3 Å². The fraction of sp³-hybridized carbons (Fsp3) is 0.185. The predicted molar refractivity (Wildman–Crippen MR) is 160 cm³/mol. The van der Waals surface area contributed by atoms with Crippen molar-refractivity contribution in [1.82, 2.24) is 4.90 Å². The summed E-state index contributed by atoms with van der Waals surface area (Å²) < 4.78 is 18.0. The van der Waals surface area contributed by atoms with Gasteiger partial charge in [-0.2, -0.15) is 0 Å². The number of hydrogen-bond acceptors (Lipinski definition) is 5. The van der Waals surface area contributed by atoms with Crippen LogP contribution in [-0.4, -0.2) is 36.7 Å². The summed E-state index contributed by atoms with van der Waals surface area (Å²) in [6.07, 6.45) is 1.79. The molecular weight excluding hydrogens is 646 g/mol. The first-order valence-electron chi connectivity index (χ1n) is 11.2. The summed E-state index contributed by atoms with van der Waals surface area (Å²) in [6.45, 7) is 2.73. The van der Waals surface area contributed by atoms with Gasteiger partial charge in [0.1, 0.15) is 18.1 Å². The average Bonchev–Trinajstić information content (AvgIpc) is 3.08. The lowest BCUT2D eigenvalue weighted by Gasteiger charge is -2.17. The molecule has 1 fully saturated rings. The quantitative estimate of drug-likeness (QED) is 0.144. The van der Waals surface area contributed by atoms with Gasteiger partial charge in [-0.05, 0) is 102 Å². The van der Waals surface area contributed by atoms with E-state index < -0.39 is 0 Å². The Balaban J connectivity index is 1.59. The smallest absolute Gasteiger partial charge is 0.281 e. The molecule has 1 amide bonds. The van der Waals surface area contributed by atoms with Crippen molar-refractivity contribution in [2.75, 3.05) is 25.7 Å². The first-order valence-corrected chi connectivity index (χ1v) is 13.5. The largest absolute Gasteiger partial charge is 0.494 e. The number of benzene rings is 3. The monoisotopic (exact) mass is 668 g/mol. The first-order chi connectivity index (χ1) is 17.7. The van der Waals surface area contributed by atoms with Crippen molar-refractivity contribution < 1.29 is 19.0 Å². The third-order valence-electron chi connectivity index (χ3n) is 5.61. The lowest BCUT2D eigenvalue weighted by molar-refractivity contribution is -0.114. The number of methoxy groups -OCH3 is 1. The van der Waals surface area contributed by atoms with Gasteiger partial charge in [-0.1, -0.05) is 29.3 Å². The normalized spacial score (nSPS) is 14.5. The molecule has 0 radical (unpaired) electrons. The van der Waals surface area contributed by atoms with Crippen molar-refractivity contribution in [2.45, 2.75) is 13.5 Å². The molecule has 192 valence electrons. The number of carbonyl (C=O) groups is 1. The molecule has 37 heavy (non-hydrogen) atoms. The van der Waals surface area contributed by atoms with Crippen LogP contribution in [0.4, 0.5) is 5.69 Å². The molecule has 0 spiro atoms. The number of rotatable bonds is 8. The van der Waals surface area contributed by atoms with Gasteiger partial charge in [-0.15, -0.1) is 0 Å². The predicted octanol–water partition coefficient (Wildman–Crippen LogP) is 7.19. The van der Waals surface area contributed by atoms with Crippen molar-refractivity contribution in [3.63, 3.8) is 0 Å². The van der Waals surface area contributed by atoms with E-state index in [4.69, 9.17) is 49.6 Å². The summed E-state index contributed by atoms with van der Waals surface area (Å²) in [5.41, 5.74) is 2.68. The molecule has 0 N–H and O–H groups in total. The highest BCUT2D eigenvalue weighted by atomic mass is 127. The summed E-state index contributed by atoms with van der Waals surface area (Å²) in [5, 5.41) is 1.48. The van der Waals surface area contributed by atoms with Crippen LogP contribution in [0.1, 0.15) is 18.1 Å². The Morgan fingerprint density at radius 3 is 2.43 bits per heavy atom. The Morgan fingerprint density at radius 1 is 1.05 bits per heavy atom. The van der Waals surface area contributed by atoms with E-state index in [2.05, 4.69) is 22.6 Å². The van der Waals surface area contributed by atoms with Crippen LogP contribution in [0.2, 0.25) is 10.0 Å². The van der Waals surface area contributed by atoms with Gasteiger partial charge in [0.2, 0.25) is 0 Å². The Kier molecular flexibility index (Phi) is 8.84. The van der Waals surface area contributed by atoms with Gasteiger partial charge in [0.25, 0.3) is 5.91 Å². The van der Waals surface area contributed by atoms with E-state index in [1.54, 1.807) is 37.3 Å². The van der Waals surface area contributed by atoms with Gasteiger partial charge in [0.15, 0.2) is 16.6 Å². The van der Waals surface area contributed by atoms with Crippen LogP contribution in [0, 0.1) is 3.57 Å². The second-order valence-electron chi connectivity index (χ2n) is 8.00. The second-order valence-corrected chi connectivity index (χ2v) is 10.4. The molecule has 6 nitrogen and oxygen atoms in total. The molecule has 1 heterocycles. The summed E-state index contributed by atoms with van der Waals surface area (Å²) in [5.74, 6) is 1.62. The highest BCUT2D eigenvalue weighted by Gasteiger charge is 2.36. The fourth-order valence-corrected chi connectivity index (χ4v) is 5.28. The number of carbonyl (C=O) groups excluding carboxylic acids is 1. The van der Waals surface area contributed by atoms with Gasteiger partial charge in [0, 0.05) is 22.7 Å². The first kappa shape index (κ1) is 27.5. The molecule has 0 unspecified atom stereocenters. The third-order valence-corrected chi connectivity index (χ3v) is 7.45. The topological polar surface area (TPSA) is 51.2 Å². The van der Waals surface area contributed by atoms with Gasteiger partial charge in [-0.25, -0.2) is 0 Å². The van der Waals surface area contributed by atoms with Crippen LogP contribution >= 0.6 is 58.0 Å². The maximum atomic E-state index is 13.4. The van der Waals surface area contributed by atoms with Gasteiger partial charge < -0.3 is 19.1 Å². The zero-order valence-electron chi connectivity index (χ0n) is 20.3. The molecule has 1 aliphatic heterocycles. The maximum absolute atomic E-state index is 13.4. The number of likely N-dealkylation sites (N-methyl/N-ethyl adjacent to an activating group) is 1. The third kappa shape index (κ3) is 5.98. The van der Waals surface area contributed by atoms with Crippen molar-refractivity contribution in [1.29, 1.82) is 0 Å². The summed E-state index contributed by atoms with van der Waals surface area (Å²) in [6, 6.07) is 16.3. The molecule has 1 aliphatic rings. The Bertz CT molecular complexity index is 1380. The van der Waals surface area contributed by atoms with Gasteiger partial charge in [-0.3, -0.25) is 9.69 Å². The van der Waals surface area contributed by atoms with Crippen molar-refractivity contribution in [3.05, 3.63) is 85.0 Å². The number of anilines is 1. The molecular formula is C27H23Cl2IN2O4S. The van der Waals surface area contributed by atoms with Crippen LogP contribution in [0.25, 0.3) is 6.08 Å². The number of amides is 1. The fourth-order valence-electron chi connectivity index (χ4n) is 3.75. The molecule has 1 saturated heterocycles. The lowest BCUT2D eigenvalue weighted by Crippen LogP contribution is -2.31. The van der Waals surface area contributed by atoms with Crippen molar-refractivity contribution >= 4 is 80.8 Å². The average molecular weight is 669 g/mol. The molecule has 3 aromatic rings. The molecule has 0 bridgehead atoms. The highest BCUT2D eigenvalue weighted by Crippen LogP contribution is 2.37. The number of halogens is 3. The summed E-state index contributed by atoms with van der Waals surface area (Å²) in [7, 11) is 3.34. The van der Waals surface area contributed by atoms with Crippen LogP contribution in [0.3, 0.4) is 0 Å². The summed E-state index contributed by atoms with van der Waals surface area (Å²) in [4.78, 5) is 16.6. The Morgan fingerprint density at radius 2 is 1.78 bits per heavy atom. The number of thiocarbonyl (C=S) groups is 1. The zero-order chi connectivity index (χ0) is 26.7. The van der Waals surface area contributed by atoms with E-state index in [9.17, 15) is 4.79 Å². The second kappa shape index (κ2) is 11.9. The molecule has 0 aliphatic carbocycles. The van der Waals surface area contributed by atoms with E-state index in [0.29, 0.717) is 44.6 Å². The minimum absolute atomic E-state index is 0.219. The standard InChI is InChI=1S/C27H23Cl2IN2O4S/c1-4-35-20-9-7-19(8-10-20)32-26(33)23(31(2)27(32)37)12-16-11-22(30)25(24(13-16)34-3)36-15-17-5-6-18(28)14-21(17)29/h5-14H,4,15H2,1-3H3/b23-12-. The van der Waals surface area contributed by atoms with Crippen LogP contribution in [0.5, 0.6) is 17.2 Å². The van der Waals surface area contributed by atoms with E-state index in [-0.39, 0.29) is 12.5 Å². The lowest BCUT2D eigenvalue weighted by atomic mass is 10.1. The number of nitrogens with zero attached hydrogens (tertiary/aromatic N) is 2. The SMILES string of the molecule is CCOc1ccc(N2C(=O)/C(=C/c3cc(I)c(OCc4ccc(Cl)cc4Cl)c(OC)c3)N(C)C2=S)cc1. The van der Waals surface area contributed by atoms with Crippen LogP contribution < -0.4 is 19.1 Å². The van der Waals surface area contributed by atoms with Gasteiger partial charge >= 0.3 is 0 Å². The van der Waals surface area contributed by atoms with E-state index in [1.165, 1.54) is 4.90 Å². The minimum Gasteiger partial charge on any atom is -0.494 e. The molecule has 0 saturated carbocycles. The van der Waals surface area contributed by atoms with E-state index >= 15 is 0 Å².